The summed E-state index contributed by atoms with van der Waals surface area (Å²) in [7, 11) is 3.19. The second kappa shape index (κ2) is 7.67. The molecule has 6 nitrogen and oxygen atoms in total. The van der Waals surface area contributed by atoms with Gasteiger partial charge in [0, 0.05) is 43.9 Å². The van der Waals surface area contributed by atoms with Crippen LogP contribution in [-0.4, -0.2) is 62.5 Å². The number of ether oxygens (including phenoxy) is 2. The molecule has 0 atom stereocenters. The summed E-state index contributed by atoms with van der Waals surface area (Å²) in [5, 5.41) is 0. The van der Waals surface area contributed by atoms with Gasteiger partial charge in [-0.2, -0.15) is 0 Å². The molecule has 0 N–H and O–H groups in total. The first kappa shape index (κ1) is 16.9. The van der Waals surface area contributed by atoms with Crippen molar-refractivity contribution in [3.05, 3.63) is 29.8 Å². The van der Waals surface area contributed by atoms with E-state index in [1.54, 1.807) is 36.2 Å². The lowest BCUT2D eigenvalue weighted by molar-refractivity contribution is -0.130. The Labute approximate surface area is 136 Å². The summed E-state index contributed by atoms with van der Waals surface area (Å²) in [5.41, 5.74) is 1.68. The zero-order valence-corrected chi connectivity index (χ0v) is 13.7. The Balaban J connectivity index is 2.13. The Kier molecular flexibility index (Phi) is 5.62. The molecule has 1 aliphatic rings. The quantitative estimate of drug-likeness (QED) is 0.608. The van der Waals surface area contributed by atoms with Crippen LogP contribution in [0.5, 0.6) is 11.5 Å². The van der Waals surface area contributed by atoms with Crippen LogP contribution in [0.15, 0.2) is 24.3 Å². The highest BCUT2D eigenvalue weighted by atomic mass is 16.5. The first-order valence-corrected chi connectivity index (χ1v) is 7.48. The molecule has 0 spiro atoms. The molecule has 1 heterocycles. The Morgan fingerprint density at radius 2 is 1.83 bits per heavy atom. The largest absolute Gasteiger partial charge is 0.497 e. The fourth-order valence-electron chi connectivity index (χ4n) is 2.53. The maximum atomic E-state index is 12.4. The van der Waals surface area contributed by atoms with Crippen molar-refractivity contribution < 1.29 is 19.1 Å². The zero-order chi connectivity index (χ0) is 16.8. The molecule has 0 bridgehead atoms. The molecule has 0 saturated carbocycles. The lowest BCUT2D eigenvalue weighted by Crippen LogP contribution is -2.47. The van der Waals surface area contributed by atoms with Gasteiger partial charge in [0.25, 0.3) is 0 Å². The molecule has 0 unspecified atom stereocenters. The Morgan fingerprint density at radius 3 is 2.39 bits per heavy atom. The minimum absolute atomic E-state index is 0.0501. The van der Waals surface area contributed by atoms with Crippen molar-refractivity contribution in [2.45, 2.75) is 6.92 Å². The van der Waals surface area contributed by atoms with Gasteiger partial charge in [-0.25, -0.2) is 0 Å². The molecule has 6 heteroatoms. The fraction of sp³-hybridized carbons (Fsp3) is 0.412. The van der Waals surface area contributed by atoms with Gasteiger partial charge in [-0.05, 0) is 24.6 Å². The van der Waals surface area contributed by atoms with E-state index in [4.69, 9.17) is 9.47 Å². The summed E-state index contributed by atoms with van der Waals surface area (Å²) in [6.45, 7) is 4.15. The second-order valence-electron chi connectivity index (χ2n) is 5.36. The van der Waals surface area contributed by atoms with Gasteiger partial charge in [-0.15, -0.1) is 0 Å². The summed E-state index contributed by atoms with van der Waals surface area (Å²) < 4.78 is 10.6. The first-order valence-electron chi connectivity index (χ1n) is 7.48. The van der Waals surface area contributed by atoms with E-state index in [-0.39, 0.29) is 5.91 Å². The van der Waals surface area contributed by atoms with Gasteiger partial charge in [0.1, 0.15) is 11.5 Å². The van der Waals surface area contributed by atoms with Crippen LogP contribution in [0.3, 0.4) is 0 Å². The minimum atomic E-state index is -0.0501. The highest BCUT2D eigenvalue weighted by Crippen LogP contribution is 2.30. The number of nitrogens with zero attached hydrogens (tertiary/aromatic N) is 2. The van der Waals surface area contributed by atoms with Crippen molar-refractivity contribution in [2.75, 3.05) is 40.4 Å². The average Bonchev–Trinajstić information content (AvgIpc) is 2.60. The molecule has 1 aromatic rings. The predicted octanol–water partition coefficient (Wildman–Crippen LogP) is 1.41. The van der Waals surface area contributed by atoms with Crippen molar-refractivity contribution in [3.63, 3.8) is 0 Å². The Bertz CT molecular complexity index is 605. The lowest BCUT2D eigenvalue weighted by Gasteiger charge is -2.32. The smallest absolute Gasteiger partial charge is 0.246 e. The number of amides is 2. The normalized spacial score (nSPS) is 15.3. The van der Waals surface area contributed by atoms with Gasteiger partial charge in [0.15, 0.2) is 0 Å². The summed E-state index contributed by atoms with van der Waals surface area (Å²) in [5.74, 6) is 1.32. The zero-order valence-electron chi connectivity index (χ0n) is 13.7. The van der Waals surface area contributed by atoms with E-state index in [9.17, 15) is 9.59 Å². The van der Waals surface area contributed by atoms with Gasteiger partial charge in [0.05, 0.1) is 14.2 Å². The van der Waals surface area contributed by atoms with Gasteiger partial charge in [-0.1, -0.05) is 0 Å². The number of hydrogen-bond acceptors (Lipinski definition) is 4. The van der Waals surface area contributed by atoms with Crippen LogP contribution in [0.2, 0.25) is 0 Å². The van der Waals surface area contributed by atoms with E-state index in [2.05, 4.69) is 0 Å². The maximum Gasteiger partial charge on any atom is 0.246 e. The molecule has 1 fully saturated rings. The van der Waals surface area contributed by atoms with E-state index in [1.807, 2.05) is 19.1 Å². The monoisotopic (exact) mass is 318 g/mol. The van der Waals surface area contributed by atoms with Gasteiger partial charge < -0.3 is 19.3 Å². The minimum Gasteiger partial charge on any atom is -0.497 e. The highest BCUT2D eigenvalue weighted by Gasteiger charge is 2.19. The van der Waals surface area contributed by atoms with E-state index in [1.165, 1.54) is 0 Å². The van der Waals surface area contributed by atoms with E-state index in [0.717, 1.165) is 17.5 Å². The number of piperazine rings is 1. The molecule has 0 aliphatic carbocycles. The summed E-state index contributed by atoms with van der Waals surface area (Å²) in [6.07, 6.45) is 2.44. The molecule has 1 saturated heterocycles. The SMILES string of the molecule is COc1ccc(/C(C)=C/C(=O)N2CCN(C=O)CC2)c(OC)c1. The number of carbonyl (C=O) groups excluding carboxylic acids is 2. The fourth-order valence-corrected chi connectivity index (χ4v) is 2.53. The number of rotatable bonds is 5. The third-order valence-corrected chi connectivity index (χ3v) is 3.95. The second-order valence-corrected chi connectivity index (χ2v) is 5.36. The third kappa shape index (κ3) is 4.03. The summed E-state index contributed by atoms with van der Waals surface area (Å²) in [6, 6.07) is 5.50. The molecule has 1 aliphatic heterocycles. The van der Waals surface area contributed by atoms with E-state index < -0.39 is 0 Å². The maximum absolute atomic E-state index is 12.4. The molecule has 124 valence electrons. The van der Waals surface area contributed by atoms with Crippen LogP contribution in [0.4, 0.5) is 0 Å². The number of benzene rings is 1. The Hall–Kier alpha value is -2.50. The van der Waals surface area contributed by atoms with Crippen molar-refractivity contribution in [2.24, 2.45) is 0 Å². The number of carbonyl (C=O) groups is 2. The van der Waals surface area contributed by atoms with E-state index >= 15 is 0 Å². The standard InChI is InChI=1S/C17H22N2O4/c1-13(15-5-4-14(22-2)11-16(15)23-3)10-17(21)19-8-6-18(12-20)7-9-19/h4-5,10-12H,6-9H2,1-3H3/b13-10+. The van der Waals surface area contributed by atoms with Crippen molar-refractivity contribution in [1.29, 1.82) is 0 Å². The number of hydrogen-bond donors (Lipinski definition) is 0. The number of methoxy groups -OCH3 is 2. The van der Waals surface area contributed by atoms with Gasteiger partial charge in [-0.3, -0.25) is 9.59 Å². The molecule has 2 amide bonds. The highest BCUT2D eigenvalue weighted by molar-refractivity contribution is 5.95. The topological polar surface area (TPSA) is 59.1 Å². The van der Waals surface area contributed by atoms with Crippen LogP contribution in [0.25, 0.3) is 5.57 Å². The molecule has 23 heavy (non-hydrogen) atoms. The van der Waals surface area contributed by atoms with E-state index in [0.29, 0.717) is 37.7 Å². The number of allylic oxidation sites excluding steroid dienone is 1. The Morgan fingerprint density at radius 1 is 1.13 bits per heavy atom. The predicted molar refractivity (Wildman–Crippen MR) is 87.4 cm³/mol. The molecule has 0 aromatic heterocycles. The van der Waals surface area contributed by atoms with Crippen LogP contribution < -0.4 is 9.47 Å². The molecular weight excluding hydrogens is 296 g/mol. The summed E-state index contributed by atoms with van der Waals surface area (Å²) >= 11 is 0. The third-order valence-electron chi connectivity index (χ3n) is 3.95. The molecular formula is C17H22N2O4. The van der Waals surface area contributed by atoms with Crippen molar-refractivity contribution >= 4 is 17.9 Å². The average molecular weight is 318 g/mol. The van der Waals surface area contributed by atoms with Crippen LogP contribution in [0, 0.1) is 0 Å². The first-order chi connectivity index (χ1) is 11.1. The van der Waals surface area contributed by atoms with Crippen molar-refractivity contribution in [1.82, 2.24) is 9.80 Å². The van der Waals surface area contributed by atoms with Gasteiger partial charge in [0.2, 0.25) is 12.3 Å². The summed E-state index contributed by atoms with van der Waals surface area (Å²) in [4.78, 5) is 26.5. The van der Waals surface area contributed by atoms with Crippen LogP contribution >= 0.6 is 0 Å². The van der Waals surface area contributed by atoms with Crippen LogP contribution in [0.1, 0.15) is 12.5 Å². The lowest BCUT2D eigenvalue weighted by atomic mass is 10.1. The molecule has 0 radical (unpaired) electrons. The van der Waals surface area contributed by atoms with Gasteiger partial charge >= 0.3 is 0 Å². The van der Waals surface area contributed by atoms with Crippen LogP contribution in [-0.2, 0) is 9.59 Å². The van der Waals surface area contributed by atoms with Crippen molar-refractivity contribution in [3.8, 4) is 11.5 Å². The molecule has 1 aromatic carbocycles. The molecule has 2 rings (SSSR count).